The normalized spacial score (nSPS) is 11.1. The van der Waals surface area contributed by atoms with E-state index in [2.05, 4.69) is 9.97 Å². The van der Waals surface area contributed by atoms with Crippen LogP contribution < -0.4 is 4.74 Å². The van der Waals surface area contributed by atoms with Crippen LogP contribution in [0.4, 0.5) is 0 Å². The number of rotatable bonds is 4. The number of nitrogens with one attached hydrogen (secondary N) is 1. The van der Waals surface area contributed by atoms with Crippen molar-refractivity contribution in [2.24, 2.45) is 5.92 Å². The molecule has 3 rings (SSSR count). The Morgan fingerprint density at radius 1 is 1.23 bits per heavy atom. The van der Waals surface area contributed by atoms with Gasteiger partial charge in [-0.15, -0.1) is 0 Å². The number of carbonyl (C=O) groups is 1. The first kappa shape index (κ1) is 14.3. The summed E-state index contributed by atoms with van der Waals surface area (Å²) in [6.07, 6.45) is 3.49. The molecule has 0 aliphatic heterocycles. The van der Waals surface area contributed by atoms with E-state index in [0.717, 1.165) is 16.6 Å². The molecule has 0 saturated carbocycles. The minimum absolute atomic E-state index is 0.0738. The van der Waals surface area contributed by atoms with Crippen LogP contribution in [0.15, 0.2) is 42.7 Å². The van der Waals surface area contributed by atoms with Gasteiger partial charge in [0, 0.05) is 17.5 Å². The van der Waals surface area contributed by atoms with Gasteiger partial charge < -0.3 is 9.72 Å². The first-order chi connectivity index (χ1) is 10.5. The fourth-order valence-electron chi connectivity index (χ4n) is 2.33. The second-order valence-corrected chi connectivity index (χ2v) is 5.71. The molecule has 0 fully saturated rings. The lowest BCUT2D eigenvalue weighted by molar-refractivity contribution is 0.0937. The summed E-state index contributed by atoms with van der Waals surface area (Å²) in [7, 11) is 0. The van der Waals surface area contributed by atoms with Gasteiger partial charge >= 0.3 is 0 Å². The van der Waals surface area contributed by atoms with Gasteiger partial charge in [-0.05, 0) is 36.8 Å². The Balaban J connectivity index is 1.99. The number of H-pyrrole nitrogens is 1. The molecule has 22 heavy (non-hydrogen) atoms. The third-order valence-corrected chi connectivity index (χ3v) is 3.53. The van der Waals surface area contributed by atoms with Crippen LogP contribution in [0.25, 0.3) is 11.0 Å². The topological polar surface area (TPSA) is 55.0 Å². The van der Waals surface area contributed by atoms with Gasteiger partial charge in [0.05, 0.1) is 11.8 Å². The van der Waals surface area contributed by atoms with Crippen molar-refractivity contribution in [2.75, 3.05) is 0 Å². The summed E-state index contributed by atoms with van der Waals surface area (Å²) < 4.78 is 5.94. The molecule has 0 spiro atoms. The molecule has 4 nitrogen and oxygen atoms in total. The van der Waals surface area contributed by atoms with Gasteiger partial charge in [-0.2, -0.15) is 0 Å². The zero-order chi connectivity index (χ0) is 15.7. The summed E-state index contributed by atoms with van der Waals surface area (Å²) in [5.41, 5.74) is 2.47. The monoisotopic (exact) mass is 294 g/mol. The van der Waals surface area contributed by atoms with Crippen molar-refractivity contribution in [3.8, 4) is 11.5 Å². The maximum atomic E-state index is 12.3. The fraction of sp³-hybridized carbons (Fsp3) is 0.222. The van der Waals surface area contributed by atoms with Gasteiger partial charge in [-0.1, -0.05) is 19.9 Å². The number of hydrogen-bond donors (Lipinski definition) is 1. The van der Waals surface area contributed by atoms with Crippen molar-refractivity contribution in [1.29, 1.82) is 0 Å². The van der Waals surface area contributed by atoms with E-state index < -0.39 is 0 Å². The van der Waals surface area contributed by atoms with Crippen LogP contribution in [0.1, 0.15) is 29.8 Å². The number of ether oxygens (including phenoxy) is 1. The second-order valence-electron chi connectivity index (χ2n) is 5.71. The highest BCUT2D eigenvalue weighted by Gasteiger charge is 2.16. The largest absolute Gasteiger partial charge is 0.455 e. The average molecular weight is 294 g/mol. The van der Waals surface area contributed by atoms with E-state index in [9.17, 15) is 4.79 Å². The van der Waals surface area contributed by atoms with Gasteiger partial charge in [0.1, 0.15) is 17.1 Å². The quantitative estimate of drug-likeness (QED) is 0.721. The summed E-state index contributed by atoms with van der Waals surface area (Å²) in [5.74, 6) is 1.20. The average Bonchev–Trinajstić information content (AvgIpc) is 2.94. The van der Waals surface area contributed by atoms with Crippen LogP contribution in [0.2, 0.25) is 0 Å². The van der Waals surface area contributed by atoms with Crippen LogP contribution in [0.3, 0.4) is 0 Å². The molecule has 0 atom stereocenters. The number of hydrogen-bond acceptors (Lipinski definition) is 3. The molecular weight excluding hydrogens is 276 g/mol. The number of fused-ring (bicyclic) bond motifs is 1. The van der Waals surface area contributed by atoms with E-state index >= 15 is 0 Å². The molecule has 0 aliphatic carbocycles. The van der Waals surface area contributed by atoms with Crippen LogP contribution in [0, 0.1) is 12.8 Å². The number of ketones is 1. The van der Waals surface area contributed by atoms with E-state index in [1.807, 2.05) is 57.3 Å². The van der Waals surface area contributed by atoms with Crippen molar-refractivity contribution in [2.45, 2.75) is 20.8 Å². The van der Waals surface area contributed by atoms with Gasteiger partial charge in [-0.3, -0.25) is 4.79 Å². The molecule has 3 aromatic rings. The summed E-state index contributed by atoms with van der Waals surface area (Å²) in [6.45, 7) is 5.75. The maximum absolute atomic E-state index is 12.3. The van der Waals surface area contributed by atoms with Crippen LogP contribution in [0.5, 0.6) is 11.5 Å². The van der Waals surface area contributed by atoms with Crippen molar-refractivity contribution < 1.29 is 9.53 Å². The standard InChI is InChI=1S/C18H18N2O2/c1-11(2)17(21)15-5-4-12(3)8-16(15)22-14-9-13-6-7-19-18(13)20-10-14/h4-11H,1-3H3,(H,19,20). The van der Waals surface area contributed by atoms with Gasteiger partial charge in [0.15, 0.2) is 5.78 Å². The Labute approximate surface area is 129 Å². The predicted molar refractivity (Wildman–Crippen MR) is 86.5 cm³/mol. The molecule has 1 N–H and O–H groups in total. The number of pyridine rings is 1. The van der Waals surface area contributed by atoms with Crippen molar-refractivity contribution in [3.05, 3.63) is 53.9 Å². The number of benzene rings is 1. The van der Waals surface area contributed by atoms with E-state index in [4.69, 9.17) is 4.74 Å². The van der Waals surface area contributed by atoms with Gasteiger partial charge in [-0.25, -0.2) is 4.98 Å². The molecular formula is C18H18N2O2. The molecule has 2 heterocycles. The highest BCUT2D eigenvalue weighted by Crippen LogP contribution is 2.29. The maximum Gasteiger partial charge on any atom is 0.169 e. The highest BCUT2D eigenvalue weighted by atomic mass is 16.5. The Morgan fingerprint density at radius 3 is 2.82 bits per heavy atom. The summed E-state index contributed by atoms with van der Waals surface area (Å²) >= 11 is 0. The smallest absolute Gasteiger partial charge is 0.169 e. The number of Topliss-reactive ketones (excluding diaryl/α,β-unsaturated/α-hetero) is 1. The number of nitrogens with zero attached hydrogens (tertiary/aromatic N) is 1. The third kappa shape index (κ3) is 2.72. The van der Waals surface area contributed by atoms with Gasteiger partial charge in [0.2, 0.25) is 0 Å². The number of aromatic nitrogens is 2. The minimum Gasteiger partial charge on any atom is -0.455 e. The van der Waals surface area contributed by atoms with Gasteiger partial charge in [0.25, 0.3) is 0 Å². The first-order valence-electron chi connectivity index (χ1n) is 7.30. The first-order valence-corrected chi connectivity index (χ1v) is 7.30. The molecule has 2 aromatic heterocycles. The number of carbonyl (C=O) groups excluding carboxylic acids is 1. The summed E-state index contributed by atoms with van der Waals surface area (Å²) in [6, 6.07) is 9.48. The van der Waals surface area contributed by atoms with Crippen molar-refractivity contribution in [1.82, 2.24) is 9.97 Å². The van der Waals surface area contributed by atoms with Crippen LogP contribution >= 0.6 is 0 Å². The minimum atomic E-state index is -0.0738. The predicted octanol–water partition coefficient (Wildman–Crippen LogP) is 4.50. The van der Waals surface area contributed by atoms with E-state index in [0.29, 0.717) is 17.1 Å². The molecule has 0 amide bonds. The highest BCUT2D eigenvalue weighted by molar-refractivity contribution is 6.00. The Hall–Kier alpha value is -2.62. The lowest BCUT2D eigenvalue weighted by atomic mass is 9.99. The Bertz CT molecular complexity index is 834. The molecule has 0 bridgehead atoms. The SMILES string of the molecule is Cc1ccc(C(=O)C(C)C)c(Oc2cnc3[nH]ccc3c2)c1. The van der Waals surface area contributed by atoms with Crippen LogP contribution in [-0.4, -0.2) is 15.8 Å². The van der Waals surface area contributed by atoms with Crippen molar-refractivity contribution in [3.63, 3.8) is 0 Å². The van der Waals surface area contributed by atoms with Crippen molar-refractivity contribution >= 4 is 16.8 Å². The molecule has 1 aromatic carbocycles. The zero-order valence-electron chi connectivity index (χ0n) is 12.9. The fourth-order valence-corrected chi connectivity index (χ4v) is 2.33. The van der Waals surface area contributed by atoms with E-state index in [1.54, 1.807) is 6.20 Å². The lowest BCUT2D eigenvalue weighted by Gasteiger charge is -2.13. The second kappa shape index (κ2) is 5.64. The molecule has 4 heteroatoms. The summed E-state index contributed by atoms with van der Waals surface area (Å²) in [5, 5.41) is 0.974. The number of aryl methyl sites for hydroxylation is 1. The Morgan fingerprint density at radius 2 is 2.05 bits per heavy atom. The Kier molecular flexibility index (Phi) is 3.67. The lowest BCUT2D eigenvalue weighted by Crippen LogP contribution is -2.09. The summed E-state index contributed by atoms with van der Waals surface area (Å²) in [4.78, 5) is 19.7. The zero-order valence-corrected chi connectivity index (χ0v) is 12.9. The van der Waals surface area contributed by atoms with Crippen LogP contribution in [-0.2, 0) is 0 Å². The third-order valence-electron chi connectivity index (χ3n) is 3.53. The molecule has 112 valence electrons. The molecule has 0 radical (unpaired) electrons. The molecule has 0 aliphatic rings. The molecule has 0 saturated heterocycles. The van der Waals surface area contributed by atoms with E-state index in [-0.39, 0.29) is 11.7 Å². The molecule has 0 unspecified atom stereocenters. The van der Waals surface area contributed by atoms with E-state index in [1.165, 1.54) is 0 Å². The number of aromatic amines is 1.